The summed E-state index contributed by atoms with van der Waals surface area (Å²) in [7, 11) is -3.50. The molecule has 8 heteroatoms. The van der Waals surface area contributed by atoms with Crippen LogP contribution in [0.3, 0.4) is 0 Å². The Kier molecular flexibility index (Phi) is 9.59. The van der Waals surface area contributed by atoms with Crippen LogP contribution in [0.2, 0.25) is 22.2 Å². The second kappa shape index (κ2) is 11.6. The second-order valence-corrected chi connectivity index (χ2v) is 19.9. The van der Waals surface area contributed by atoms with Gasteiger partial charge >= 0.3 is 17.1 Å². The van der Waals surface area contributed by atoms with Gasteiger partial charge in [-0.15, -0.1) is 0 Å². The third kappa shape index (κ3) is 5.70. The zero-order chi connectivity index (χ0) is 25.1. The van der Waals surface area contributed by atoms with Crippen LogP contribution < -0.4 is 0 Å². The minimum atomic E-state index is -2.60. The summed E-state index contributed by atoms with van der Waals surface area (Å²) in [6, 6.07) is 8.49. The van der Waals surface area contributed by atoms with Crippen LogP contribution >= 0.6 is 0 Å². The molecule has 2 heterocycles. The van der Waals surface area contributed by atoms with Crippen molar-refractivity contribution in [2.75, 3.05) is 20.5 Å². The van der Waals surface area contributed by atoms with E-state index in [0.717, 1.165) is 12.0 Å². The lowest BCUT2D eigenvalue weighted by Crippen LogP contribution is -2.65. The van der Waals surface area contributed by atoms with Crippen molar-refractivity contribution in [2.24, 2.45) is 0 Å². The number of methoxy groups -OCH3 is 1. The number of ether oxygens (including phenoxy) is 3. The van der Waals surface area contributed by atoms with E-state index in [4.69, 9.17) is 27.2 Å². The van der Waals surface area contributed by atoms with E-state index in [1.165, 1.54) is 5.56 Å². The van der Waals surface area contributed by atoms with Gasteiger partial charge in [0.15, 0.2) is 0 Å². The van der Waals surface area contributed by atoms with E-state index in [1.807, 2.05) is 0 Å². The zero-order valence-corrected chi connectivity index (χ0v) is 24.6. The van der Waals surface area contributed by atoms with Gasteiger partial charge in [-0.1, -0.05) is 79.7 Å². The molecule has 0 unspecified atom stereocenters. The van der Waals surface area contributed by atoms with Crippen molar-refractivity contribution in [3.05, 3.63) is 35.4 Å². The Balaban J connectivity index is 1.86. The van der Waals surface area contributed by atoms with Gasteiger partial charge in [0.05, 0.1) is 25.4 Å². The summed E-state index contributed by atoms with van der Waals surface area (Å²) >= 11 is 0. The number of hydrogen-bond acceptors (Lipinski definition) is 6. The topological polar surface area (TPSA) is 55.4 Å². The first-order valence-electron chi connectivity index (χ1n) is 12.9. The Labute approximate surface area is 209 Å². The minimum Gasteiger partial charge on any atom is -0.414 e. The quantitative estimate of drug-likeness (QED) is 0.212. The standard InChI is InChI=1S/C26H46O6Si2/c1-18(2)33(19(3)4)29-16-26-25(31-34(32-33,20(5)6)21(7)8)14-24(30-26)23-12-10-22(11-13-23)15-28-17-27-9/h10-13,18-21,24-26H,14-17H2,1-9H3/t24-,25-,26+/m0/s1. The largest absolute Gasteiger partial charge is 0.414 e. The molecule has 0 amide bonds. The molecule has 6 nitrogen and oxygen atoms in total. The van der Waals surface area contributed by atoms with E-state index in [2.05, 4.69) is 79.7 Å². The molecular formula is C26H46O6Si2. The van der Waals surface area contributed by atoms with Crippen molar-refractivity contribution >= 4 is 17.1 Å². The van der Waals surface area contributed by atoms with E-state index in [9.17, 15) is 0 Å². The summed E-state index contributed by atoms with van der Waals surface area (Å²) in [6.45, 7) is 19.4. The van der Waals surface area contributed by atoms with Gasteiger partial charge in [-0.25, -0.2) is 0 Å². The third-order valence-electron chi connectivity index (χ3n) is 7.37. The first-order chi connectivity index (χ1) is 16.1. The lowest BCUT2D eigenvalue weighted by Gasteiger charge is -2.51. The maximum absolute atomic E-state index is 7.28. The smallest absolute Gasteiger partial charge is 0.335 e. The molecule has 2 saturated heterocycles. The first-order valence-corrected chi connectivity index (χ1v) is 16.8. The highest BCUT2D eigenvalue weighted by molar-refractivity contribution is 6.83. The van der Waals surface area contributed by atoms with Gasteiger partial charge in [-0.3, -0.25) is 0 Å². The van der Waals surface area contributed by atoms with E-state index >= 15 is 0 Å². The van der Waals surface area contributed by atoms with Crippen LogP contribution in [0.1, 0.15) is 79.0 Å². The van der Waals surface area contributed by atoms with Gasteiger partial charge in [0, 0.05) is 13.5 Å². The molecule has 0 aliphatic carbocycles. The molecule has 0 saturated carbocycles. The Morgan fingerprint density at radius 2 is 1.44 bits per heavy atom. The average Bonchev–Trinajstić information content (AvgIpc) is 3.15. The minimum absolute atomic E-state index is 0.00849. The molecule has 2 fully saturated rings. The molecule has 1 aromatic rings. The summed E-state index contributed by atoms with van der Waals surface area (Å²) in [5, 5.41) is 0. The molecule has 3 rings (SSSR count). The first kappa shape index (κ1) is 28.0. The van der Waals surface area contributed by atoms with E-state index in [-0.39, 0.29) is 18.3 Å². The fourth-order valence-electron chi connectivity index (χ4n) is 5.44. The highest BCUT2D eigenvalue weighted by Gasteiger charge is 2.60. The van der Waals surface area contributed by atoms with Gasteiger partial charge in [0.1, 0.15) is 12.9 Å². The fraction of sp³-hybridized carbons (Fsp3) is 0.769. The summed E-state index contributed by atoms with van der Waals surface area (Å²) in [6.07, 6.45) is 0.721. The molecule has 0 radical (unpaired) electrons. The van der Waals surface area contributed by atoms with Crippen LogP contribution in [0, 0.1) is 0 Å². The molecule has 194 valence electrons. The summed E-state index contributed by atoms with van der Waals surface area (Å²) in [5.74, 6) is 0. The van der Waals surface area contributed by atoms with E-state index in [0.29, 0.717) is 42.2 Å². The summed E-state index contributed by atoms with van der Waals surface area (Å²) in [5.41, 5.74) is 3.61. The Bertz CT molecular complexity index is 751. The molecule has 0 bridgehead atoms. The number of rotatable bonds is 9. The van der Waals surface area contributed by atoms with Crippen molar-refractivity contribution in [3.63, 3.8) is 0 Å². The molecule has 0 spiro atoms. The molecule has 2 aliphatic rings. The molecule has 0 N–H and O–H groups in total. The van der Waals surface area contributed by atoms with Crippen LogP contribution in [0.5, 0.6) is 0 Å². The van der Waals surface area contributed by atoms with Gasteiger partial charge < -0.3 is 27.2 Å². The Morgan fingerprint density at radius 3 is 1.97 bits per heavy atom. The van der Waals surface area contributed by atoms with Crippen molar-refractivity contribution < 1.29 is 27.2 Å². The lowest BCUT2D eigenvalue weighted by molar-refractivity contribution is -0.0395. The van der Waals surface area contributed by atoms with Crippen LogP contribution in [0.4, 0.5) is 0 Å². The monoisotopic (exact) mass is 510 g/mol. The van der Waals surface area contributed by atoms with Gasteiger partial charge in [0.25, 0.3) is 0 Å². The SMILES string of the molecule is COCOCc1ccc([C@@H]2C[C@@H]3O[Si](C(C)C)(C(C)C)O[Si](C(C)C)(C(C)C)OC[C@H]3O2)cc1. The zero-order valence-electron chi connectivity index (χ0n) is 22.6. The normalized spacial score (nSPS) is 26.8. The Hall–Kier alpha value is -0.586. The number of fused-ring (bicyclic) bond motifs is 1. The van der Waals surface area contributed by atoms with E-state index < -0.39 is 17.1 Å². The fourth-order valence-corrected chi connectivity index (χ4v) is 16.7. The summed E-state index contributed by atoms with van der Waals surface area (Å²) in [4.78, 5) is 0. The maximum Gasteiger partial charge on any atom is 0.335 e. The highest BCUT2D eigenvalue weighted by atomic mass is 28.5. The highest BCUT2D eigenvalue weighted by Crippen LogP contribution is 2.48. The van der Waals surface area contributed by atoms with Gasteiger partial charge in [0.2, 0.25) is 0 Å². The van der Waals surface area contributed by atoms with Crippen molar-refractivity contribution in [1.29, 1.82) is 0 Å². The molecule has 34 heavy (non-hydrogen) atoms. The number of hydrogen-bond donors (Lipinski definition) is 0. The van der Waals surface area contributed by atoms with Crippen LogP contribution in [-0.4, -0.2) is 49.8 Å². The molecular weight excluding hydrogens is 464 g/mol. The average molecular weight is 511 g/mol. The van der Waals surface area contributed by atoms with Crippen molar-refractivity contribution in [3.8, 4) is 0 Å². The summed E-state index contributed by atoms with van der Waals surface area (Å²) < 4.78 is 38.3. The molecule has 0 aromatic heterocycles. The van der Waals surface area contributed by atoms with Crippen molar-refractivity contribution in [1.82, 2.24) is 0 Å². The lowest BCUT2D eigenvalue weighted by atomic mass is 10.0. The van der Waals surface area contributed by atoms with Gasteiger partial charge in [-0.05, 0) is 33.3 Å². The predicted octanol–water partition coefficient (Wildman–Crippen LogP) is 6.59. The van der Waals surface area contributed by atoms with Crippen LogP contribution in [0.15, 0.2) is 24.3 Å². The molecule has 3 atom stereocenters. The van der Waals surface area contributed by atoms with Crippen LogP contribution in [0.25, 0.3) is 0 Å². The molecule has 2 aliphatic heterocycles. The number of benzene rings is 1. The van der Waals surface area contributed by atoms with Gasteiger partial charge in [-0.2, -0.15) is 0 Å². The third-order valence-corrected chi connectivity index (χ3v) is 17.6. The predicted molar refractivity (Wildman–Crippen MR) is 139 cm³/mol. The van der Waals surface area contributed by atoms with Crippen LogP contribution in [-0.2, 0) is 33.8 Å². The second-order valence-electron chi connectivity index (χ2n) is 11.0. The van der Waals surface area contributed by atoms with E-state index in [1.54, 1.807) is 7.11 Å². The molecule has 1 aromatic carbocycles. The van der Waals surface area contributed by atoms with Crippen molar-refractivity contribution in [2.45, 2.75) is 109 Å². The Morgan fingerprint density at radius 1 is 0.853 bits per heavy atom. The maximum atomic E-state index is 7.28.